The summed E-state index contributed by atoms with van der Waals surface area (Å²) in [4.78, 5) is 28.3. The van der Waals surface area contributed by atoms with Crippen LogP contribution < -0.4 is 5.32 Å². The third-order valence-corrected chi connectivity index (χ3v) is 5.84. The standard InChI is InChI=1S/C22H28N2O3S/c1-4-20(25)24-11-12-27-22(15-24,21(26)23-16(2)3)14-17-7-9-18(10-8-17)19-6-5-13-28-19/h5-10,13,16H,4,11-12,14-15H2,1-3H3,(H,23,26)/t22-/m1/s1. The molecule has 1 N–H and O–H groups in total. The Balaban J connectivity index is 1.84. The Kier molecular flexibility index (Phi) is 6.52. The van der Waals surface area contributed by atoms with Gasteiger partial charge in [-0.15, -0.1) is 11.3 Å². The van der Waals surface area contributed by atoms with E-state index in [1.54, 1.807) is 16.2 Å². The number of ether oxygens (including phenoxy) is 1. The van der Waals surface area contributed by atoms with Gasteiger partial charge in [0, 0.05) is 30.3 Å². The normalized spacial score (nSPS) is 19.6. The number of nitrogens with one attached hydrogen (secondary N) is 1. The second-order valence-electron chi connectivity index (χ2n) is 7.49. The van der Waals surface area contributed by atoms with Crippen LogP contribution in [0.5, 0.6) is 0 Å². The van der Waals surface area contributed by atoms with Crippen molar-refractivity contribution in [2.75, 3.05) is 19.7 Å². The van der Waals surface area contributed by atoms with Crippen molar-refractivity contribution >= 4 is 23.2 Å². The molecule has 0 bridgehead atoms. The van der Waals surface area contributed by atoms with Crippen LogP contribution in [0.2, 0.25) is 0 Å². The summed E-state index contributed by atoms with van der Waals surface area (Å²) in [5.74, 6) is -0.100. The minimum Gasteiger partial charge on any atom is -0.361 e. The first-order chi connectivity index (χ1) is 13.4. The van der Waals surface area contributed by atoms with E-state index in [1.807, 2.05) is 39.0 Å². The van der Waals surface area contributed by atoms with Gasteiger partial charge < -0.3 is 15.0 Å². The van der Waals surface area contributed by atoms with Gasteiger partial charge >= 0.3 is 0 Å². The summed E-state index contributed by atoms with van der Waals surface area (Å²) in [6.45, 7) is 6.88. The SMILES string of the molecule is CCC(=O)N1CCO[C@@](Cc2ccc(-c3cccs3)cc2)(C(=O)NC(C)C)C1. The Labute approximate surface area is 170 Å². The summed E-state index contributed by atoms with van der Waals surface area (Å²) in [7, 11) is 0. The average Bonchev–Trinajstić information content (AvgIpc) is 3.22. The molecule has 1 aliphatic heterocycles. The predicted octanol–water partition coefficient (Wildman–Crippen LogP) is 3.49. The van der Waals surface area contributed by atoms with E-state index in [0.717, 1.165) is 11.1 Å². The predicted molar refractivity (Wildman–Crippen MR) is 112 cm³/mol. The van der Waals surface area contributed by atoms with Crippen LogP contribution in [-0.4, -0.2) is 48.1 Å². The van der Waals surface area contributed by atoms with E-state index in [1.165, 1.54) is 4.88 Å². The van der Waals surface area contributed by atoms with Gasteiger partial charge in [-0.1, -0.05) is 37.3 Å². The Bertz CT molecular complexity index is 802. The van der Waals surface area contributed by atoms with E-state index in [2.05, 4.69) is 28.9 Å². The van der Waals surface area contributed by atoms with Gasteiger partial charge in [0.25, 0.3) is 5.91 Å². The van der Waals surface area contributed by atoms with E-state index in [9.17, 15) is 9.59 Å². The molecule has 0 saturated carbocycles. The molecule has 0 radical (unpaired) electrons. The fourth-order valence-electron chi connectivity index (χ4n) is 3.50. The first-order valence-electron chi connectivity index (χ1n) is 9.79. The highest BCUT2D eigenvalue weighted by Gasteiger charge is 2.45. The minimum absolute atomic E-state index is 0.00596. The number of carbonyl (C=O) groups excluding carboxylic acids is 2. The van der Waals surface area contributed by atoms with Gasteiger partial charge in [-0.3, -0.25) is 9.59 Å². The van der Waals surface area contributed by atoms with Gasteiger partial charge in [0.05, 0.1) is 13.2 Å². The zero-order valence-corrected chi connectivity index (χ0v) is 17.6. The van der Waals surface area contributed by atoms with Gasteiger partial charge in [-0.2, -0.15) is 0 Å². The number of benzene rings is 1. The highest BCUT2D eigenvalue weighted by atomic mass is 32.1. The fraction of sp³-hybridized carbons (Fsp3) is 0.455. The van der Waals surface area contributed by atoms with Crippen molar-refractivity contribution in [1.29, 1.82) is 0 Å². The van der Waals surface area contributed by atoms with E-state index in [0.29, 0.717) is 26.0 Å². The van der Waals surface area contributed by atoms with Crippen molar-refractivity contribution < 1.29 is 14.3 Å². The monoisotopic (exact) mass is 400 g/mol. The van der Waals surface area contributed by atoms with E-state index >= 15 is 0 Å². The molecule has 1 aromatic heterocycles. The van der Waals surface area contributed by atoms with Crippen LogP contribution in [0.3, 0.4) is 0 Å². The zero-order valence-electron chi connectivity index (χ0n) is 16.7. The molecular weight excluding hydrogens is 372 g/mol. The summed E-state index contributed by atoms with van der Waals surface area (Å²) in [6.07, 6.45) is 0.862. The van der Waals surface area contributed by atoms with Crippen LogP contribution in [0.25, 0.3) is 10.4 Å². The summed E-state index contributed by atoms with van der Waals surface area (Å²) in [6, 6.07) is 12.4. The number of rotatable bonds is 6. The first-order valence-corrected chi connectivity index (χ1v) is 10.7. The lowest BCUT2D eigenvalue weighted by Crippen LogP contribution is -2.62. The second-order valence-corrected chi connectivity index (χ2v) is 8.44. The van der Waals surface area contributed by atoms with E-state index in [-0.39, 0.29) is 24.4 Å². The molecule has 0 aliphatic carbocycles. The highest BCUT2D eigenvalue weighted by Crippen LogP contribution is 2.28. The third-order valence-electron chi connectivity index (χ3n) is 4.92. The molecule has 6 heteroatoms. The lowest BCUT2D eigenvalue weighted by Gasteiger charge is -2.42. The van der Waals surface area contributed by atoms with Gasteiger partial charge in [0.2, 0.25) is 5.91 Å². The molecule has 150 valence electrons. The van der Waals surface area contributed by atoms with Crippen LogP contribution in [0.4, 0.5) is 0 Å². The Hall–Kier alpha value is -2.18. The lowest BCUT2D eigenvalue weighted by atomic mass is 9.90. The van der Waals surface area contributed by atoms with Crippen LogP contribution >= 0.6 is 11.3 Å². The number of carbonyl (C=O) groups is 2. The molecule has 0 spiro atoms. The molecule has 2 aromatic rings. The largest absolute Gasteiger partial charge is 0.361 e. The van der Waals surface area contributed by atoms with Gasteiger partial charge in [-0.05, 0) is 36.4 Å². The average molecular weight is 401 g/mol. The molecular formula is C22H28N2O3S. The molecule has 2 heterocycles. The van der Waals surface area contributed by atoms with E-state index < -0.39 is 5.60 Å². The van der Waals surface area contributed by atoms with Gasteiger partial charge in [-0.25, -0.2) is 0 Å². The summed E-state index contributed by atoms with van der Waals surface area (Å²) < 4.78 is 6.06. The Morgan fingerprint density at radius 1 is 1.25 bits per heavy atom. The summed E-state index contributed by atoms with van der Waals surface area (Å²) >= 11 is 1.70. The van der Waals surface area contributed by atoms with Gasteiger partial charge in [0.15, 0.2) is 5.60 Å². The molecule has 28 heavy (non-hydrogen) atoms. The molecule has 1 aliphatic rings. The van der Waals surface area contributed by atoms with Gasteiger partial charge in [0.1, 0.15) is 0 Å². The molecule has 2 amide bonds. The molecule has 1 saturated heterocycles. The summed E-state index contributed by atoms with van der Waals surface area (Å²) in [5.41, 5.74) is 1.12. The van der Waals surface area contributed by atoms with Crippen LogP contribution in [0, 0.1) is 0 Å². The minimum atomic E-state index is -1.06. The fourth-order valence-corrected chi connectivity index (χ4v) is 4.23. The van der Waals surface area contributed by atoms with Crippen LogP contribution in [-0.2, 0) is 20.7 Å². The summed E-state index contributed by atoms with van der Waals surface area (Å²) in [5, 5.41) is 5.04. The number of hydrogen-bond donors (Lipinski definition) is 1. The van der Waals surface area contributed by atoms with Crippen molar-refractivity contribution in [3.8, 4) is 10.4 Å². The van der Waals surface area contributed by atoms with Crippen LogP contribution in [0.15, 0.2) is 41.8 Å². The number of morpholine rings is 1. The molecule has 1 fully saturated rings. The topological polar surface area (TPSA) is 58.6 Å². The maximum atomic E-state index is 13.1. The third kappa shape index (κ3) is 4.62. The molecule has 0 unspecified atom stereocenters. The number of nitrogens with zero attached hydrogens (tertiary/aromatic N) is 1. The molecule has 1 aromatic carbocycles. The molecule has 5 nitrogen and oxygen atoms in total. The first kappa shape index (κ1) is 20.6. The van der Waals surface area contributed by atoms with E-state index in [4.69, 9.17) is 4.74 Å². The van der Waals surface area contributed by atoms with Crippen molar-refractivity contribution in [2.24, 2.45) is 0 Å². The Morgan fingerprint density at radius 2 is 2.00 bits per heavy atom. The number of thiophene rings is 1. The van der Waals surface area contributed by atoms with Crippen molar-refractivity contribution in [3.05, 3.63) is 47.3 Å². The van der Waals surface area contributed by atoms with Crippen molar-refractivity contribution in [2.45, 2.75) is 45.3 Å². The smallest absolute Gasteiger partial charge is 0.254 e. The number of amides is 2. The lowest BCUT2D eigenvalue weighted by molar-refractivity contribution is -0.166. The quantitative estimate of drug-likeness (QED) is 0.808. The molecule has 3 rings (SSSR count). The maximum absolute atomic E-state index is 13.1. The Morgan fingerprint density at radius 3 is 2.61 bits per heavy atom. The number of hydrogen-bond acceptors (Lipinski definition) is 4. The highest BCUT2D eigenvalue weighted by molar-refractivity contribution is 7.13. The van der Waals surface area contributed by atoms with Crippen LogP contribution in [0.1, 0.15) is 32.8 Å². The van der Waals surface area contributed by atoms with Crippen molar-refractivity contribution in [3.63, 3.8) is 0 Å². The zero-order chi connectivity index (χ0) is 20.1. The molecule has 1 atom stereocenters. The second kappa shape index (κ2) is 8.88. The van der Waals surface area contributed by atoms with Crippen molar-refractivity contribution in [1.82, 2.24) is 10.2 Å². The maximum Gasteiger partial charge on any atom is 0.254 e.